The molecule has 0 aliphatic heterocycles. The molecular weight excluding hydrogens is 276 g/mol. The maximum absolute atomic E-state index is 11.7. The number of rotatable bonds is 8. The molecule has 2 atom stereocenters. The van der Waals surface area contributed by atoms with Crippen molar-refractivity contribution in [2.24, 2.45) is 5.92 Å². The summed E-state index contributed by atoms with van der Waals surface area (Å²) in [6.45, 7) is 9.65. The zero-order valence-corrected chi connectivity index (χ0v) is 13.4. The van der Waals surface area contributed by atoms with Gasteiger partial charge in [0.25, 0.3) is 5.91 Å². The Hall–Kier alpha value is -1.63. The molecule has 3 amide bonds. The van der Waals surface area contributed by atoms with Crippen LogP contribution in [0.1, 0.15) is 41.0 Å². The minimum atomic E-state index is -1.06. The second kappa shape index (κ2) is 10.1. The molecule has 2 N–H and O–H groups in total. The monoisotopic (exact) mass is 302 g/mol. The number of imide groups is 1. The number of hydrogen-bond donors (Lipinski definition) is 2. The van der Waals surface area contributed by atoms with E-state index in [1.165, 1.54) is 6.92 Å². The number of urea groups is 1. The number of ether oxygens (including phenoxy) is 2. The molecule has 122 valence electrons. The van der Waals surface area contributed by atoms with E-state index in [1.807, 2.05) is 0 Å². The van der Waals surface area contributed by atoms with Gasteiger partial charge in [-0.1, -0.05) is 13.8 Å². The van der Waals surface area contributed by atoms with Crippen molar-refractivity contribution in [3.05, 3.63) is 0 Å². The molecule has 0 aromatic heterocycles. The van der Waals surface area contributed by atoms with Crippen molar-refractivity contribution in [1.29, 1.82) is 0 Å². The van der Waals surface area contributed by atoms with E-state index in [2.05, 4.69) is 24.5 Å². The molecule has 7 nitrogen and oxygen atoms in total. The molecule has 0 aliphatic carbocycles. The van der Waals surface area contributed by atoms with E-state index < -0.39 is 30.1 Å². The number of esters is 1. The Morgan fingerprint density at radius 1 is 1.05 bits per heavy atom. The molecule has 0 aromatic rings. The Kier molecular flexibility index (Phi) is 9.36. The van der Waals surface area contributed by atoms with Crippen LogP contribution in [0.2, 0.25) is 0 Å². The fourth-order valence-corrected chi connectivity index (χ4v) is 1.29. The van der Waals surface area contributed by atoms with Crippen LogP contribution in [0, 0.1) is 5.92 Å². The second-order valence-corrected chi connectivity index (χ2v) is 5.12. The lowest BCUT2D eigenvalue weighted by Gasteiger charge is -2.17. The minimum absolute atomic E-state index is 0.397. The summed E-state index contributed by atoms with van der Waals surface area (Å²) in [4.78, 5) is 34.5. The van der Waals surface area contributed by atoms with E-state index in [-0.39, 0.29) is 0 Å². The molecule has 0 radical (unpaired) electrons. The SMILES string of the molecule is CCNC(=O)NC(=O)C(C)OC(=O)C(C)OCCC(C)C. The zero-order valence-electron chi connectivity index (χ0n) is 13.4. The first-order valence-corrected chi connectivity index (χ1v) is 7.18. The summed E-state index contributed by atoms with van der Waals surface area (Å²) in [5.41, 5.74) is 0. The van der Waals surface area contributed by atoms with Crippen molar-refractivity contribution in [3.63, 3.8) is 0 Å². The smallest absolute Gasteiger partial charge is 0.335 e. The third-order valence-corrected chi connectivity index (χ3v) is 2.63. The van der Waals surface area contributed by atoms with Crippen molar-refractivity contribution in [1.82, 2.24) is 10.6 Å². The summed E-state index contributed by atoms with van der Waals surface area (Å²) in [5.74, 6) is -0.823. The van der Waals surface area contributed by atoms with Crippen LogP contribution in [-0.2, 0) is 19.1 Å². The molecule has 0 saturated carbocycles. The highest BCUT2D eigenvalue weighted by Crippen LogP contribution is 2.04. The predicted octanol–water partition coefficient (Wildman–Crippen LogP) is 1.22. The van der Waals surface area contributed by atoms with Crippen molar-refractivity contribution in [2.45, 2.75) is 53.2 Å². The van der Waals surface area contributed by atoms with E-state index >= 15 is 0 Å². The normalized spacial score (nSPS) is 13.4. The van der Waals surface area contributed by atoms with Crippen LogP contribution in [0.15, 0.2) is 0 Å². The first kappa shape index (κ1) is 19.4. The lowest BCUT2D eigenvalue weighted by molar-refractivity contribution is -0.164. The maximum atomic E-state index is 11.7. The highest BCUT2D eigenvalue weighted by atomic mass is 16.6. The maximum Gasteiger partial charge on any atom is 0.335 e. The summed E-state index contributed by atoms with van der Waals surface area (Å²) in [6, 6.07) is -0.619. The largest absolute Gasteiger partial charge is 0.451 e. The molecule has 0 bridgehead atoms. The highest BCUT2D eigenvalue weighted by molar-refractivity contribution is 5.97. The summed E-state index contributed by atoms with van der Waals surface area (Å²) in [7, 11) is 0. The standard InChI is InChI=1S/C14H26N2O5/c1-6-15-14(19)16-12(17)10(4)21-13(18)11(5)20-8-7-9(2)3/h9-11H,6-8H2,1-5H3,(H2,15,16,17,19). The van der Waals surface area contributed by atoms with Crippen molar-refractivity contribution < 1.29 is 23.9 Å². The summed E-state index contributed by atoms with van der Waals surface area (Å²) in [5, 5.41) is 4.49. The van der Waals surface area contributed by atoms with Crippen LogP contribution in [0.25, 0.3) is 0 Å². The summed E-state index contributed by atoms with van der Waals surface area (Å²) in [6.07, 6.45) is -0.968. The van der Waals surface area contributed by atoms with E-state index in [0.29, 0.717) is 19.1 Å². The fraction of sp³-hybridized carbons (Fsp3) is 0.786. The van der Waals surface area contributed by atoms with Gasteiger partial charge in [-0.25, -0.2) is 9.59 Å². The van der Waals surface area contributed by atoms with E-state index in [0.717, 1.165) is 6.42 Å². The van der Waals surface area contributed by atoms with Crippen LogP contribution >= 0.6 is 0 Å². The van der Waals surface area contributed by atoms with Gasteiger partial charge in [-0.2, -0.15) is 0 Å². The molecule has 2 unspecified atom stereocenters. The molecular formula is C14H26N2O5. The number of hydrogen-bond acceptors (Lipinski definition) is 5. The molecule has 0 aromatic carbocycles. The summed E-state index contributed by atoms with van der Waals surface area (Å²) < 4.78 is 10.3. The Morgan fingerprint density at radius 2 is 1.67 bits per heavy atom. The van der Waals surface area contributed by atoms with Gasteiger partial charge in [0.05, 0.1) is 0 Å². The van der Waals surface area contributed by atoms with Crippen molar-refractivity contribution >= 4 is 17.9 Å². The number of carbonyl (C=O) groups is 3. The van der Waals surface area contributed by atoms with Crippen molar-refractivity contribution in [3.8, 4) is 0 Å². The van der Waals surface area contributed by atoms with Gasteiger partial charge in [-0.3, -0.25) is 10.1 Å². The Balaban J connectivity index is 4.12. The molecule has 0 spiro atoms. The number of nitrogens with one attached hydrogen (secondary N) is 2. The molecule has 0 aliphatic rings. The van der Waals surface area contributed by atoms with Crippen LogP contribution in [0.3, 0.4) is 0 Å². The lowest BCUT2D eigenvalue weighted by atomic mass is 10.1. The van der Waals surface area contributed by atoms with E-state index in [9.17, 15) is 14.4 Å². The van der Waals surface area contributed by atoms with Gasteiger partial charge in [0.1, 0.15) is 0 Å². The minimum Gasteiger partial charge on any atom is -0.451 e. The first-order chi connectivity index (χ1) is 9.77. The second-order valence-electron chi connectivity index (χ2n) is 5.12. The van der Waals surface area contributed by atoms with Crippen LogP contribution in [-0.4, -0.2) is 43.3 Å². The third kappa shape index (κ3) is 9.01. The van der Waals surface area contributed by atoms with Crippen LogP contribution < -0.4 is 10.6 Å². The average Bonchev–Trinajstić information content (AvgIpc) is 2.37. The molecule has 21 heavy (non-hydrogen) atoms. The van der Waals surface area contributed by atoms with Crippen LogP contribution in [0.5, 0.6) is 0 Å². The van der Waals surface area contributed by atoms with Gasteiger partial charge in [-0.15, -0.1) is 0 Å². The fourth-order valence-electron chi connectivity index (χ4n) is 1.29. The van der Waals surface area contributed by atoms with Gasteiger partial charge >= 0.3 is 12.0 Å². The number of carbonyl (C=O) groups excluding carboxylic acids is 3. The van der Waals surface area contributed by atoms with Crippen LogP contribution in [0.4, 0.5) is 4.79 Å². The zero-order chi connectivity index (χ0) is 16.4. The van der Waals surface area contributed by atoms with Gasteiger partial charge in [0.15, 0.2) is 12.2 Å². The van der Waals surface area contributed by atoms with E-state index in [4.69, 9.17) is 9.47 Å². The quantitative estimate of drug-likeness (QED) is 0.657. The van der Waals surface area contributed by atoms with Gasteiger partial charge < -0.3 is 14.8 Å². The lowest BCUT2D eigenvalue weighted by Crippen LogP contribution is -2.45. The Labute approximate surface area is 125 Å². The molecule has 7 heteroatoms. The molecule has 0 rings (SSSR count). The Bertz CT molecular complexity index is 357. The number of amides is 3. The molecule has 0 saturated heterocycles. The van der Waals surface area contributed by atoms with E-state index in [1.54, 1.807) is 13.8 Å². The average molecular weight is 302 g/mol. The van der Waals surface area contributed by atoms with Gasteiger partial charge in [-0.05, 0) is 33.1 Å². The van der Waals surface area contributed by atoms with Crippen molar-refractivity contribution in [2.75, 3.05) is 13.2 Å². The van der Waals surface area contributed by atoms with Gasteiger partial charge in [0.2, 0.25) is 0 Å². The third-order valence-electron chi connectivity index (χ3n) is 2.63. The Morgan fingerprint density at radius 3 is 2.19 bits per heavy atom. The first-order valence-electron chi connectivity index (χ1n) is 7.18. The highest BCUT2D eigenvalue weighted by Gasteiger charge is 2.23. The summed E-state index contributed by atoms with van der Waals surface area (Å²) >= 11 is 0. The van der Waals surface area contributed by atoms with Gasteiger partial charge in [0, 0.05) is 13.2 Å². The molecule has 0 heterocycles. The predicted molar refractivity (Wildman–Crippen MR) is 77.6 cm³/mol. The topological polar surface area (TPSA) is 93.7 Å². The molecule has 0 fully saturated rings.